The summed E-state index contributed by atoms with van der Waals surface area (Å²) in [6.07, 6.45) is 46.9. The lowest BCUT2D eigenvalue weighted by Crippen LogP contribution is -2.65. The van der Waals surface area contributed by atoms with Crippen molar-refractivity contribution >= 4 is 5.91 Å². The van der Waals surface area contributed by atoms with E-state index in [1.54, 1.807) is 6.08 Å². The van der Waals surface area contributed by atoms with Crippen molar-refractivity contribution in [1.29, 1.82) is 0 Å². The Morgan fingerprint density at radius 1 is 0.493 bits per heavy atom. The highest BCUT2D eigenvalue weighted by atomic mass is 16.7. The molecule has 9 N–H and O–H groups in total. The normalized spacial score (nSPS) is 25.9. The van der Waals surface area contributed by atoms with Crippen molar-refractivity contribution in [2.24, 2.45) is 0 Å². The largest absolute Gasteiger partial charge is 0.394 e. The second-order valence-electron chi connectivity index (χ2n) is 19.7. The van der Waals surface area contributed by atoms with Crippen LogP contribution in [0.4, 0.5) is 0 Å². The van der Waals surface area contributed by atoms with E-state index in [9.17, 15) is 45.6 Å². The zero-order valence-electron chi connectivity index (χ0n) is 45.7. The van der Waals surface area contributed by atoms with Crippen LogP contribution >= 0.6 is 0 Å². The summed E-state index contributed by atoms with van der Waals surface area (Å²) >= 11 is 0. The number of amides is 1. The number of ether oxygens (including phenoxy) is 4. The van der Waals surface area contributed by atoms with Gasteiger partial charge >= 0.3 is 0 Å². The number of nitrogens with one attached hydrogen (secondary N) is 1. The fourth-order valence-corrected chi connectivity index (χ4v) is 8.58. The molecule has 14 nitrogen and oxygen atoms in total. The van der Waals surface area contributed by atoms with Crippen molar-refractivity contribution < 1.29 is 64.6 Å². The van der Waals surface area contributed by atoms with Gasteiger partial charge in [0, 0.05) is 6.42 Å². The number of unbranched alkanes of at least 4 members (excludes halogenated alkanes) is 14. The molecule has 2 rings (SSSR count). The highest BCUT2D eigenvalue weighted by Crippen LogP contribution is 2.30. The third-order valence-electron chi connectivity index (χ3n) is 13.2. The zero-order chi connectivity index (χ0) is 54.6. The Morgan fingerprint density at radius 2 is 0.933 bits per heavy atom. The second-order valence-corrected chi connectivity index (χ2v) is 19.7. The van der Waals surface area contributed by atoms with Crippen LogP contribution in [0.2, 0.25) is 0 Å². The van der Waals surface area contributed by atoms with E-state index < -0.39 is 86.8 Å². The molecule has 0 radical (unpaired) electrons. The van der Waals surface area contributed by atoms with Crippen molar-refractivity contribution in [3.05, 3.63) is 109 Å². The Balaban J connectivity index is 1.78. The first kappa shape index (κ1) is 67.8. The van der Waals surface area contributed by atoms with Crippen LogP contribution in [0, 0.1) is 0 Å². The molecular weight excluding hydrogens is 955 g/mol. The van der Waals surface area contributed by atoms with Gasteiger partial charge in [0.05, 0.1) is 32.0 Å². The average molecular weight is 1060 g/mol. The van der Waals surface area contributed by atoms with Crippen LogP contribution in [0.1, 0.15) is 174 Å². The summed E-state index contributed by atoms with van der Waals surface area (Å²) < 4.78 is 22.7. The number of carbonyl (C=O) groups is 1. The highest BCUT2D eigenvalue weighted by molar-refractivity contribution is 5.76. The van der Waals surface area contributed by atoms with Crippen LogP contribution in [0.5, 0.6) is 0 Å². The van der Waals surface area contributed by atoms with Crippen molar-refractivity contribution in [2.75, 3.05) is 19.8 Å². The molecule has 0 aliphatic carbocycles. The van der Waals surface area contributed by atoms with E-state index in [1.165, 1.54) is 51.4 Å². The van der Waals surface area contributed by atoms with Gasteiger partial charge in [0.1, 0.15) is 48.8 Å². The smallest absolute Gasteiger partial charge is 0.220 e. The van der Waals surface area contributed by atoms with E-state index in [-0.39, 0.29) is 18.9 Å². The number of aliphatic hydroxyl groups excluding tert-OH is 8. The van der Waals surface area contributed by atoms with Gasteiger partial charge in [0.2, 0.25) is 5.91 Å². The summed E-state index contributed by atoms with van der Waals surface area (Å²) in [5.41, 5.74) is 0. The first-order valence-corrected chi connectivity index (χ1v) is 28.6. The second kappa shape index (κ2) is 45.6. The maximum Gasteiger partial charge on any atom is 0.220 e. The third kappa shape index (κ3) is 31.6. The number of carbonyl (C=O) groups excluding carboxylic acids is 1. The SMILES string of the molecule is CC/C=C\C/C=C\C/C=C\C/C=C\C/C=C\C/C=C\C/C=C\CCCCCCCC(=O)NC(COC1OC(CO)C(OC2OC(CO)C(O)C(O)C2O)C(O)C1O)C(O)/C=C/CC/C=C/CCCCCCCCCC. The van der Waals surface area contributed by atoms with E-state index in [0.29, 0.717) is 12.8 Å². The minimum Gasteiger partial charge on any atom is -0.394 e. The van der Waals surface area contributed by atoms with Crippen LogP contribution in [-0.2, 0) is 23.7 Å². The molecule has 0 saturated carbocycles. The quantitative estimate of drug-likeness (QED) is 0.0205. The molecule has 0 aromatic carbocycles. The van der Waals surface area contributed by atoms with Crippen LogP contribution in [0.25, 0.3) is 0 Å². The fourth-order valence-electron chi connectivity index (χ4n) is 8.58. The molecule has 2 saturated heterocycles. The summed E-state index contributed by atoms with van der Waals surface area (Å²) in [5.74, 6) is -0.274. The summed E-state index contributed by atoms with van der Waals surface area (Å²) in [7, 11) is 0. The predicted octanol–water partition coefficient (Wildman–Crippen LogP) is 9.27. The lowest BCUT2D eigenvalue weighted by molar-refractivity contribution is -0.359. The minimum absolute atomic E-state index is 0.243. The maximum atomic E-state index is 13.2. The first-order valence-electron chi connectivity index (χ1n) is 28.6. The van der Waals surface area contributed by atoms with Gasteiger partial charge in [0.25, 0.3) is 0 Å². The maximum absolute atomic E-state index is 13.2. The Morgan fingerprint density at radius 3 is 1.47 bits per heavy atom. The van der Waals surface area contributed by atoms with E-state index in [0.717, 1.165) is 89.9 Å². The van der Waals surface area contributed by atoms with Crippen LogP contribution in [0.3, 0.4) is 0 Å². The van der Waals surface area contributed by atoms with E-state index in [1.807, 2.05) is 6.08 Å². The number of rotatable bonds is 43. The van der Waals surface area contributed by atoms with Gasteiger partial charge < -0.3 is 65.1 Å². The molecule has 12 unspecified atom stereocenters. The molecule has 2 aliphatic heterocycles. The van der Waals surface area contributed by atoms with Crippen LogP contribution < -0.4 is 5.32 Å². The summed E-state index contributed by atoms with van der Waals surface area (Å²) in [6, 6.07) is -0.949. The summed E-state index contributed by atoms with van der Waals surface area (Å²) in [6.45, 7) is 2.61. The number of allylic oxidation sites excluding steroid dienone is 17. The van der Waals surface area contributed by atoms with E-state index >= 15 is 0 Å². The molecule has 2 fully saturated rings. The molecule has 75 heavy (non-hydrogen) atoms. The molecule has 1 amide bonds. The Kier molecular flexibility index (Phi) is 41.2. The molecule has 428 valence electrons. The van der Waals surface area contributed by atoms with Crippen LogP contribution in [-0.4, -0.2) is 140 Å². The summed E-state index contributed by atoms with van der Waals surface area (Å²) in [4.78, 5) is 13.2. The zero-order valence-corrected chi connectivity index (χ0v) is 45.7. The monoisotopic (exact) mass is 1060 g/mol. The van der Waals surface area contributed by atoms with Gasteiger partial charge in [-0.05, 0) is 89.9 Å². The molecule has 0 spiro atoms. The van der Waals surface area contributed by atoms with Crippen molar-refractivity contribution in [1.82, 2.24) is 5.32 Å². The molecule has 0 aromatic heterocycles. The van der Waals surface area contributed by atoms with Crippen LogP contribution in [0.15, 0.2) is 109 Å². The third-order valence-corrected chi connectivity index (χ3v) is 13.2. The van der Waals surface area contributed by atoms with Gasteiger partial charge in [-0.3, -0.25) is 4.79 Å². The van der Waals surface area contributed by atoms with E-state index in [2.05, 4.69) is 116 Å². The molecular formula is C61H101NO13. The lowest BCUT2D eigenvalue weighted by atomic mass is 9.97. The van der Waals surface area contributed by atoms with Gasteiger partial charge in [-0.15, -0.1) is 0 Å². The molecule has 12 atom stereocenters. The van der Waals surface area contributed by atoms with Gasteiger partial charge in [-0.25, -0.2) is 0 Å². The Hall–Kier alpha value is -3.35. The fraction of sp³-hybridized carbons (Fsp3) is 0.689. The topological polar surface area (TPSA) is 228 Å². The molecule has 2 aliphatic rings. The predicted molar refractivity (Wildman–Crippen MR) is 299 cm³/mol. The van der Waals surface area contributed by atoms with Crippen molar-refractivity contribution in [3.63, 3.8) is 0 Å². The van der Waals surface area contributed by atoms with Gasteiger partial charge in [-0.2, -0.15) is 0 Å². The lowest BCUT2D eigenvalue weighted by Gasteiger charge is -2.46. The molecule has 0 aromatic rings. The molecule has 2 heterocycles. The first-order chi connectivity index (χ1) is 36.6. The highest BCUT2D eigenvalue weighted by Gasteiger charge is 2.51. The van der Waals surface area contributed by atoms with Crippen molar-refractivity contribution in [3.8, 4) is 0 Å². The minimum atomic E-state index is -1.80. The summed E-state index contributed by atoms with van der Waals surface area (Å²) in [5, 5.41) is 86.9. The number of hydrogen-bond acceptors (Lipinski definition) is 13. The Labute approximate surface area is 451 Å². The average Bonchev–Trinajstić information content (AvgIpc) is 3.41. The standard InChI is InChI=1S/C61H101NO13/c1-3-5-7-9-11-13-15-17-19-20-21-22-23-24-25-26-27-28-29-30-31-33-35-37-39-41-43-45-53(66)62-49(50(65)44-42-40-38-36-34-32-18-16-14-12-10-8-6-4-2)48-72-60-58(71)56(69)59(52(47-64)74-60)75-61-57(70)55(68)54(67)51(46-63)73-61/h5,7,11,13,17,19,21-22,24-25,27-28,30-31,34,36,42,44,49-52,54-61,63-65,67-71H,3-4,6,8-10,12,14-16,18,20,23,26,29,32-33,35,37-41,43,45-48H2,1-2H3,(H,62,66)/b7-5-,13-11-,19-17-,22-21-,25-24-,28-27-,31-30-,36-34+,44-42+. The number of hydrogen-bond donors (Lipinski definition) is 9. The van der Waals surface area contributed by atoms with Gasteiger partial charge in [-0.1, -0.05) is 187 Å². The van der Waals surface area contributed by atoms with Gasteiger partial charge in [0.15, 0.2) is 12.6 Å². The molecule has 14 heteroatoms. The van der Waals surface area contributed by atoms with E-state index in [4.69, 9.17) is 18.9 Å². The van der Waals surface area contributed by atoms with Crippen molar-refractivity contribution in [2.45, 2.75) is 248 Å². The molecule has 0 bridgehead atoms. The number of aliphatic hydroxyl groups is 8. The Bertz CT molecular complexity index is 1670.